The van der Waals surface area contributed by atoms with Crippen LogP contribution in [0.15, 0.2) is 34.9 Å². The Morgan fingerprint density at radius 3 is 2.65 bits per heavy atom. The predicted molar refractivity (Wildman–Crippen MR) is 79.9 cm³/mol. The summed E-state index contributed by atoms with van der Waals surface area (Å²) in [4.78, 5) is 25.7. The highest BCUT2D eigenvalue weighted by Gasteiger charge is 2.37. The zero-order valence-corrected chi connectivity index (χ0v) is 12.4. The highest BCUT2D eigenvalue weighted by atomic mass is 16.5. The molecule has 6 nitrogen and oxygen atoms in total. The van der Waals surface area contributed by atoms with Gasteiger partial charge in [-0.15, -0.1) is 0 Å². The molecule has 0 bridgehead atoms. The number of fused-ring (bicyclic) bond motifs is 1. The average Bonchev–Trinajstić information content (AvgIpc) is 3.30. The Labute approximate surface area is 132 Å². The fourth-order valence-electron chi connectivity index (χ4n) is 3.06. The number of aromatic nitrogens is 1. The van der Waals surface area contributed by atoms with Crippen molar-refractivity contribution in [2.24, 2.45) is 0 Å². The Morgan fingerprint density at radius 1 is 1.22 bits per heavy atom. The fraction of sp³-hybridized carbons (Fsp3) is 0.353. The van der Waals surface area contributed by atoms with Gasteiger partial charge in [-0.2, -0.15) is 0 Å². The van der Waals surface area contributed by atoms with Crippen LogP contribution in [-0.2, 0) is 17.8 Å². The second-order valence-electron chi connectivity index (χ2n) is 6.15. The van der Waals surface area contributed by atoms with E-state index in [1.807, 2.05) is 24.3 Å². The molecule has 23 heavy (non-hydrogen) atoms. The summed E-state index contributed by atoms with van der Waals surface area (Å²) in [6.45, 7) is 0.269. The molecule has 4 rings (SSSR count). The van der Waals surface area contributed by atoms with Crippen molar-refractivity contribution in [3.05, 3.63) is 52.9 Å². The average molecular weight is 312 g/mol. The van der Waals surface area contributed by atoms with Gasteiger partial charge < -0.3 is 14.5 Å². The zero-order valence-electron chi connectivity index (χ0n) is 12.4. The maximum Gasteiger partial charge on any atom is 0.326 e. The number of benzene rings is 1. The van der Waals surface area contributed by atoms with Gasteiger partial charge in [0.05, 0.1) is 5.69 Å². The number of amides is 1. The number of carboxylic acid groups (broad SMARTS) is 1. The number of aliphatic carboxylic acids is 1. The molecule has 2 aliphatic rings. The van der Waals surface area contributed by atoms with E-state index in [1.54, 1.807) is 6.07 Å². The molecular weight excluding hydrogens is 296 g/mol. The van der Waals surface area contributed by atoms with E-state index in [1.165, 1.54) is 4.90 Å². The molecule has 1 saturated carbocycles. The third-order valence-corrected chi connectivity index (χ3v) is 4.53. The molecule has 1 unspecified atom stereocenters. The van der Waals surface area contributed by atoms with Gasteiger partial charge in [-0.1, -0.05) is 29.4 Å². The molecule has 2 heterocycles. The van der Waals surface area contributed by atoms with Crippen molar-refractivity contribution >= 4 is 11.9 Å². The number of hydrogen-bond acceptors (Lipinski definition) is 4. The largest absolute Gasteiger partial charge is 0.480 e. The lowest BCUT2D eigenvalue weighted by atomic mass is 9.93. The first-order valence-corrected chi connectivity index (χ1v) is 7.70. The number of rotatable bonds is 3. The minimum absolute atomic E-state index is 0.123. The van der Waals surface area contributed by atoms with E-state index in [-0.39, 0.29) is 12.3 Å². The molecule has 1 aliphatic heterocycles. The summed E-state index contributed by atoms with van der Waals surface area (Å²) in [5, 5.41) is 13.4. The number of hydrogen-bond donors (Lipinski definition) is 1. The van der Waals surface area contributed by atoms with Gasteiger partial charge in [0.2, 0.25) is 5.76 Å². The van der Waals surface area contributed by atoms with Gasteiger partial charge in [0.25, 0.3) is 5.91 Å². The summed E-state index contributed by atoms with van der Waals surface area (Å²) in [6.07, 6.45) is 2.44. The van der Waals surface area contributed by atoms with Gasteiger partial charge in [0.1, 0.15) is 6.04 Å². The topological polar surface area (TPSA) is 83.6 Å². The van der Waals surface area contributed by atoms with Gasteiger partial charge in [0, 0.05) is 24.9 Å². The third kappa shape index (κ3) is 2.50. The van der Waals surface area contributed by atoms with Gasteiger partial charge in [0.15, 0.2) is 0 Å². The first kappa shape index (κ1) is 14.0. The number of carbonyl (C=O) groups excluding carboxylic acids is 1. The highest BCUT2D eigenvalue weighted by Crippen LogP contribution is 2.39. The van der Waals surface area contributed by atoms with Crippen molar-refractivity contribution in [3.8, 4) is 0 Å². The van der Waals surface area contributed by atoms with Gasteiger partial charge >= 0.3 is 5.97 Å². The second kappa shape index (κ2) is 5.22. The standard InChI is InChI=1S/C17H16N2O4/c20-16(15-8-13(18-23-15)10-5-6-10)19-9-12-4-2-1-3-11(12)7-14(19)17(21)22/h1-4,8,10,14H,5-7,9H2,(H,21,22). The Hall–Kier alpha value is -2.63. The summed E-state index contributed by atoms with van der Waals surface area (Å²) >= 11 is 0. The van der Waals surface area contributed by atoms with Gasteiger partial charge in [-0.05, 0) is 24.0 Å². The summed E-state index contributed by atoms with van der Waals surface area (Å²) in [6, 6.07) is 8.37. The van der Waals surface area contributed by atoms with Crippen molar-refractivity contribution in [2.45, 2.75) is 37.8 Å². The van der Waals surface area contributed by atoms with Crippen LogP contribution in [0.2, 0.25) is 0 Å². The van der Waals surface area contributed by atoms with E-state index in [4.69, 9.17) is 4.52 Å². The molecule has 1 fully saturated rings. The first-order valence-electron chi connectivity index (χ1n) is 7.70. The van der Waals surface area contributed by atoms with Crippen molar-refractivity contribution in [3.63, 3.8) is 0 Å². The molecule has 1 aromatic carbocycles. The highest BCUT2D eigenvalue weighted by molar-refractivity contribution is 5.94. The summed E-state index contributed by atoms with van der Waals surface area (Å²) in [7, 11) is 0. The van der Waals surface area contributed by atoms with Crippen LogP contribution in [0.5, 0.6) is 0 Å². The zero-order chi connectivity index (χ0) is 16.0. The van der Waals surface area contributed by atoms with Gasteiger partial charge in [-0.3, -0.25) is 4.79 Å². The van der Waals surface area contributed by atoms with E-state index in [2.05, 4.69) is 5.16 Å². The Balaban J connectivity index is 1.64. The summed E-state index contributed by atoms with van der Waals surface area (Å²) in [5.74, 6) is -0.906. The molecule has 1 amide bonds. The predicted octanol–water partition coefficient (Wildman–Crippen LogP) is 2.20. The molecule has 1 N–H and O–H groups in total. The number of carbonyl (C=O) groups is 2. The van der Waals surface area contributed by atoms with Crippen LogP contribution in [0.1, 0.15) is 46.1 Å². The molecule has 0 spiro atoms. The SMILES string of the molecule is O=C(O)C1Cc2ccccc2CN1C(=O)c1cc(C2CC2)no1. The van der Waals surface area contributed by atoms with Crippen LogP contribution in [0.25, 0.3) is 0 Å². The summed E-state index contributed by atoms with van der Waals surface area (Å²) < 4.78 is 5.16. The van der Waals surface area contributed by atoms with Crippen LogP contribution in [0.4, 0.5) is 0 Å². The van der Waals surface area contributed by atoms with Crippen LogP contribution >= 0.6 is 0 Å². The van der Waals surface area contributed by atoms with Crippen LogP contribution in [-0.4, -0.2) is 33.1 Å². The molecule has 0 radical (unpaired) electrons. The molecule has 1 atom stereocenters. The quantitative estimate of drug-likeness (QED) is 0.939. The van der Waals surface area contributed by atoms with Crippen molar-refractivity contribution < 1.29 is 19.2 Å². The van der Waals surface area contributed by atoms with Crippen molar-refractivity contribution in [1.82, 2.24) is 10.1 Å². The molecule has 1 aliphatic carbocycles. The normalized spacial score (nSPS) is 20.2. The molecule has 1 aromatic heterocycles. The van der Waals surface area contributed by atoms with E-state index in [9.17, 15) is 14.7 Å². The monoisotopic (exact) mass is 312 g/mol. The maximum atomic E-state index is 12.7. The Kier molecular flexibility index (Phi) is 3.18. The van der Waals surface area contributed by atoms with Crippen molar-refractivity contribution in [1.29, 1.82) is 0 Å². The maximum absolute atomic E-state index is 12.7. The molecule has 0 saturated heterocycles. The minimum atomic E-state index is -1.00. The van der Waals surface area contributed by atoms with E-state index >= 15 is 0 Å². The van der Waals surface area contributed by atoms with Gasteiger partial charge in [-0.25, -0.2) is 4.79 Å². The van der Waals surface area contributed by atoms with Crippen LogP contribution < -0.4 is 0 Å². The molecule has 6 heteroatoms. The van der Waals surface area contributed by atoms with Crippen molar-refractivity contribution in [2.75, 3.05) is 0 Å². The van der Waals surface area contributed by atoms with Crippen LogP contribution in [0.3, 0.4) is 0 Å². The first-order chi connectivity index (χ1) is 11.1. The lowest BCUT2D eigenvalue weighted by Crippen LogP contribution is -2.48. The number of nitrogens with zero attached hydrogens (tertiary/aromatic N) is 2. The summed E-state index contributed by atoms with van der Waals surface area (Å²) in [5.41, 5.74) is 2.73. The molecule has 2 aromatic rings. The van der Waals surface area contributed by atoms with E-state index < -0.39 is 17.9 Å². The lowest BCUT2D eigenvalue weighted by Gasteiger charge is -2.33. The minimum Gasteiger partial charge on any atom is -0.480 e. The Morgan fingerprint density at radius 2 is 1.96 bits per heavy atom. The Bertz CT molecular complexity index is 778. The van der Waals surface area contributed by atoms with E-state index in [0.717, 1.165) is 29.7 Å². The lowest BCUT2D eigenvalue weighted by molar-refractivity contribution is -0.142. The number of carboxylic acids is 1. The smallest absolute Gasteiger partial charge is 0.326 e. The fourth-order valence-corrected chi connectivity index (χ4v) is 3.06. The van der Waals surface area contributed by atoms with Crippen LogP contribution in [0, 0.1) is 0 Å². The molecule has 118 valence electrons. The molecular formula is C17H16N2O4. The third-order valence-electron chi connectivity index (χ3n) is 4.53. The van der Waals surface area contributed by atoms with E-state index in [0.29, 0.717) is 12.3 Å². The second-order valence-corrected chi connectivity index (χ2v) is 6.15.